The number of rotatable bonds is 2. The highest BCUT2D eigenvalue weighted by Gasteiger charge is 2.39. The highest BCUT2D eigenvalue weighted by Crippen LogP contribution is 2.23. The first kappa shape index (κ1) is 13.9. The van der Waals surface area contributed by atoms with Crippen molar-refractivity contribution in [2.75, 3.05) is 11.5 Å². The number of carbonyl (C=O) groups is 1. The van der Waals surface area contributed by atoms with Gasteiger partial charge in [0.15, 0.2) is 9.84 Å². The first-order valence-corrected chi connectivity index (χ1v) is 8.44. The van der Waals surface area contributed by atoms with Gasteiger partial charge in [0, 0.05) is 0 Å². The van der Waals surface area contributed by atoms with E-state index < -0.39 is 21.3 Å². The van der Waals surface area contributed by atoms with Gasteiger partial charge in [-0.2, -0.15) is 0 Å². The van der Waals surface area contributed by atoms with E-state index in [9.17, 15) is 13.2 Å². The molecule has 1 aliphatic heterocycles. The van der Waals surface area contributed by atoms with Crippen LogP contribution in [0.1, 0.15) is 23.8 Å². The second-order valence-electron chi connectivity index (χ2n) is 5.60. The minimum atomic E-state index is -3.07. The number of amides is 1. The Bertz CT molecular complexity index is 819. The normalized spacial score (nSPS) is 24.0. The molecular weight excluding hydrogens is 290 g/mol. The third-order valence-electron chi connectivity index (χ3n) is 3.60. The average Bonchev–Trinajstić information content (AvgIpc) is 2.71. The van der Waals surface area contributed by atoms with Gasteiger partial charge in [0.05, 0.1) is 34.3 Å². The van der Waals surface area contributed by atoms with Gasteiger partial charge in [-0.25, -0.2) is 13.4 Å². The highest BCUT2D eigenvalue weighted by atomic mass is 32.2. The monoisotopic (exact) mass is 305 g/mol. The van der Waals surface area contributed by atoms with E-state index in [0.29, 0.717) is 17.5 Å². The Kier molecular flexibility index (Phi) is 3.16. The molecule has 2 aromatic rings. The van der Waals surface area contributed by atoms with Crippen LogP contribution in [-0.2, 0) is 9.84 Å². The van der Waals surface area contributed by atoms with Crippen LogP contribution in [-0.4, -0.2) is 41.3 Å². The quantitative estimate of drug-likeness (QED) is 0.892. The first-order valence-electron chi connectivity index (χ1n) is 6.62. The average molecular weight is 305 g/mol. The molecule has 6 nitrogen and oxygen atoms in total. The van der Waals surface area contributed by atoms with Crippen molar-refractivity contribution in [2.45, 2.75) is 18.9 Å². The summed E-state index contributed by atoms with van der Waals surface area (Å²) in [4.78, 5) is 20.7. The maximum atomic E-state index is 12.3. The van der Waals surface area contributed by atoms with Crippen LogP contribution >= 0.6 is 0 Å². The minimum absolute atomic E-state index is 0.0350. The molecule has 0 unspecified atom stereocenters. The van der Waals surface area contributed by atoms with Crippen molar-refractivity contribution in [2.24, 2.45) is 0 Å². The number of hydrogen-bond acceptors (Lipinski definition) is 5. The molecule has 0 radical (unpaired) electrons. The number of aromatic nitrogens is 2. The number of sulfone groups is 1. The molecule has 1 fully saturated rings. The van der Waals surface area contributed by atoms with Crippen LogP contribution in [0.3, 0.4) is 0 Å². The van der Waals surface area contributed by atoms with E-state index in [0.717, 1.165) is 0 Å². The molecular formula is C14H15N3O3S. The second kappa shape index (κ2) is 4.77. The molecule has 21 heavy (non-hydrogen) atoms. The molecule has 1 atom stereocenters. The maximum Gasteiger partial charge on any atom is 0.271 e. The van der Waals surface area contributed by atoms with Crippen molar-refractivity contribution < 1.29 is 13.2 Å². The summed E-state index contributed by atoms with van der Waals surface area (Å²) in [5, 5.41) is 2.77. The fourth-order valence-corrected chi connectivity index (χ4v) is 4.61. The Morgan fingerprint density at radius 1 is 1.29 bits per heavy atom. The molecule has 0 spiro atoms. The molecule has 0 saturated carbocycles. The van der Waals surface area contributed by atoms with Crippen LogP contribution in [0.25, 0.3) is 11.0 Å². The zero-order chi connectivity index (χ0) is 15.1. The van der Waals surface area contributed by atoms with E-state index in [1.807, 2.05) is 18.2 Å². The fraction of sp³-hybridized carbons (Fsp3) is 0.357. The number of carbonyl (C=O) groups excluding carboxylic acids is 1. The van der Waals surface area contributed by atoms with Gasteiger partial charge in [-0.1, -0.05) is 12.1 Å². The van der Waals surface area contributed by atoms with Crippen LogP contribution in [0, 0.1) is 0 Å². The third kappa shape index (κ3) is 2.87. The molecule has 0 bridgehead atoms. The molecule has 1 N–H and O–H groups in total. The number of nitrogens with zero attached hydrogens (tertiary/aromatic N) is 2. The lowest BCUT2D eigenvalue weighted by atomic mass is 10.0. The van der Waals surface area contributed by atoms with Crippen LogP contribution in [0.15, 0.2) is 30.5 Å². The van der Waals surface area contributed by atoms with Gasteiger partial charge in [-0.05, 0) is 25.5 Å². The van der Waals surface area contributed by atoms with Gasteiger partial charge in [-0.3, -0.25) is 9.78 Å². The van der Waals surface area contributed by atoms with Gasteiger partial charge < -0.3 is 5.32 Å². The van der Waals surface area contributed by atoms with Gasteiger partial charge >= 0.3 is 0 Å². The predicted molar refractivity (Wildman–Crippen MR) is 78.7 cm³/mol. The van der Waals surface area contributed by atoms with E-state index in [2.05, 4.69) is 15.3 Å². The molecule has 1 amide bonds. The number of hydrogen-bond donors (Lipinski definition) is 1. The summed E-state index contributed by atoms with van der Waals surface area (Å²) in [5.74, 6) is -0.326. The lowest BCUT2D eigenvalue weighted by Gasteiger charge is -2.23. The summed E-state index contributed by atoms with van der Waals surface area (Å²) in [7, 11) is -3.07. The summed E-state index contributed by atoms with van der Waals surface area (Å²) >= 11 is 0. The fourth-order valence-electron chi connectivity index (χ4n) is 2.51. The number of fused-ring (bicyclic) bond motifs is 1. The van der Waals surface area contributed by atoms with Gasteiger partial charge in [0.25, 0.3) is 5.91 Å². The summed E-state index contributed by atoms with van der Waals surface area (Å²) in [6.07, 6.45) is 1.83. The van der Waals surface area contributed by atoms with E-state index in [1.165, 1.54) is 6.20 Å². The minimum Gasteiger partial charge on any atom is -0.344 e. The molecule has 110 valence electrons. The maximum absolute atomic E-state index is 12.3. The lowest BCUT2D eigenvalue weighted by molar-refractivity contribution is 0.0910. The molecule has 1 aromatic carbocycles. The molecule has 0 aliphatic carbocycles. The topological polar surface area (TPSA) is 89.0 Å². The van der Waals surface area contributed by atoms with Gasteiger partial charge in [0.1, 0.15) is 5.69 Å². The van der Waals surface area contributed by atoms with E-state index in [-0.39, 0.29) is 17.2 Å². The number of para-hydroxylation sites is 2. The molecule has 7 heteroatoms. The molecule has 2 heterocycles. The molecule has 3 rings (SSSR count). The standard InChI is InChI=1S/C14H15N3O3S/c1-14(6-7-21(19,20)9-14)17-13(18)12-8-15-10-4-2-3-5-11(10)16-12/h2-5,8H,6-7,9H2,1H3,(H,17,18)/t14-/m0/s1. The first-order chi connectivity index (χ1) is 9.87. The molecule has 1 saturated heterocycles. The van der Waals surface area contributed by atoms with Crippen LogP contribution in [0.2, 0.25) is 0 Å². The van der Waals surface area contributed by atoms with Crippen molar-refractivity contribution in [3.8, 4) is 0 Å². The molecule has 1 aliphatic rings. The Labute approximate surface area is 122 Å². The Hall–Kier alpha value is -2.02. The Morgan fingerprint density at radius 3 is 2.67 bits per heavy atom. The zero-order valence-electron chi connectivity index (χ0n) is 11.5. The van der Waals surface area contributed by atoms with Crippen molar-refractivity contribution >= 4 is 26.8 Å². The molecule has 1 aromatic heterocycles. The van der Waals surface area contributed by atoms with E-state index in [1.54, 1.807) is 13.0 Å². The van der Waals surface area contributed by atoms with Gasteiger partial charge in [-0.15, -0.1) is 0 Å². The van der Waals surface area contributed by atoms with Crippen LogP contribution < -0.4 is 5.32 Å². The van der Waals surface area contributed by atoms with E-state index in [4.69, 9.17) is 0 Å². The number of nitrogens with one attached hydrogen (secondary N) is 1. The SMILES string of the molecule is C[C@]1(NC(=O)c2cnc3ccccc3n2)CCS(=O)(=O)C1. The largest absolute Gasteiger partial charge is 0.344 e. The van der Waals surface area contributed by atoms with Crippen molar-refractivity contribution in [1.29, 1.82) is 0 Å². The van der Waals surface area contributed by atoms with Crippen molar-refractivity contribution in [1.82, 2.24) is 15.3 Å². The van der Waals surface area contributed by atoms with Crippen LogP contribution in [0.4, 0.5) is 0 Å². The van der Waals surface area contributed by atoms with Crippen molar-refractivity contribution in [3.63, 3.8) is 0 Å². The van der Waals surface area contributed by atoms with Crippen LogP contribution in [0.5, 0.6) is 0 Å². The predicted octanol–water partition coefficient (Wildman–Crippen LogP) is 0.937. The number of benzene rings is 1. The summed E-state index contributed by atoms with van der Waals surface area (Å²) in [6.45, 7) is 1.74. The highest BCUT2D eigenvalue weighted by molar-refractivity contribution is 7.91. The van der Waals surface area contributed by atoms with Crippen molar-refractivity contribution in [3.05, 3.63) is 36.2 Å². The Balaban J connectivity index is 1.84. The summed E-state index contributed by atoms with van der Waals surface area (Å²) in [6, 6.07) is 7.26. The third-order valence-corrected chi connectivity index (χ3v) is 5.50. The summed E-state index contributed by atoms with van der Waals surface area (Å²) in [5.41, 5.74) is 0.806. The lowest BCUT2D eigenvalue weighted by Crippen LogP contribution is -2.47. The van der Waals surface area contributed by atoms with E-state index >= 15 is 0 Å². The Morgan fingerprint density at radius 2 is 2.00 bits per heavy atom. The summed E-state index contributed by atoms with van der Waals surface area (Å²) < 4.78 is 23.1. The van der Waals surface area contributed by atoms with Gasteiger partial charge in [0.2, 0.25) is 0 Å². The zero-order valence-corrected chi connectivity index (χ0v) is 12.4. The second-order valence-corrected chi connectivity index (χ2v) is 7.78. The smallest absolute Gasteiger partial charge is 0.271 e.